The summed E-state index contributed by atoms with van der Waals surface area (Å²) in [5.74, 6) is 1.77. The van der Waals surface area contributed by atoms with Gasteiger partial charge >= 0.3 is 6.03 Å². The largest absolute Gasteiger partial charge is 0.494 e. The fraction of sp³-hybridized carbons (Fsp3) is 0.360. The van der Waals surface area contributed by atoms with Crippen LogP contribution in [0.3, 0.4) is 0 Å². The zero-order valence-corrected chi connectivity index (χ0v) is 19.1. The number of urea groups is 1. The molecule has 2 aromatic rings. The van der Waals surface area contributed by atoms with Crippen LogP contribution in [0.25, 0.3) is 6.08 Å². The minimum atomic E-state index is -0.214. The number of anilines is 1. The number of likely N-dealkylation sites (tertiary alicyclic amines) is 1. The molecule has 1 N–H and O–H groups in total. The summed E-state index contributed by atoms with van der Waals surface area (Å²) in [7, 11) is 0. The minimum Gasteiger partial charge on any atom is -0.494 e. The van der Waals surface area contributed by atoms with Gasteiger partial charge in [0.1, 0.15) is 5.75 Å². The van der Waals surface area contributed by atoms with Gasteiger partial charge in [-0.05, 0) is 55.7 Å². The van der Waals surface area contributed by atoms with Gasteiger partial charge in [0.15, 0.2) is 0 Å². The summed E-state index contributed by atoms with van der Waals surface area (Å²) in [6.45, 7) is 4.56. The number of hydrogen-bond donors (Lipinski definition) is 1. The van der Waals surface area contributed by atoms with Crippen LogP contribution in [0.5, 0.6) is 5.75 Å². The Morgan fingerprint density at radius 3 is 2.47 bits per heavy atom. The molecule has 0 saturated carbocycles. The van der Waals surface area contributed by atoms with Crippen molar-refractivity contribution in [3.8, 4) is 5.75 Å². The molecule has 2 saturated heterocycles. The second kappa shape index (κ2) is 10.1. The van der Waals surface area contributed by atoms with E-state index in [1.54, 1.807) is 6.08 Å². The maximum absolute atomic E-state index is 12.9. The Labute approximate surface area is 193 Å². The van der Waals surface area contributed by atoms with Crippen molar-refractivity contribution in [1.29, 1.82) is 0 Å². The molecule has 4 rings (SSSR count). The molecule has 0 atom stereocenters. The number of carbonyl (C=O) groups is 2. The van der Waals surface area contributed by atoms with Crippen molar-refractivity contribution in [2.24, 2.45) is 0 Å². The first kappa shape index (κ1) is 22.3. The third-order valence-corrected chi connectivity index (χ3v) is 7.46. The van der Waals surface area contributed by atoms with Gasteiger partial charge in [0, 0.05) is 37.2 Å². The van der Waals surface area contributed by atoms with E-state index >= 15 is 0 Å². The average Bonchev–Trinajstić information content (AvgIpc) is 3.23. The average molecular weight is 452 g/mol. The molecule has 2 fully saturated rings. The number of nitrogens with zero attached hydrogens (tertiary/aromatic N) is 2. The van der Waals surface area contributed by atoms with Crippen molar-refractivity contribution in [3.05, 3.63) is 66.2 Å². The summed E-state index contributed by atoms with van der Waals surface area (Å²) < 4.78 is 5.45. The Kier molecular flexibility index (Phi) is 7.05. The SMILES string of the molecule is CCOc1ccc(NC(=O)N2CCC3(CC2)SCCN3C(=O)C=Cc2ccccc2)cc1. The lowest BCUT2D eigenvalue weighted by atomic mass is 10.0. The molecule has 0 aromatic heterocycles. The van der Waals surface area contributed by atoms with Gasteiger partial charge in [-0.25, -0.2) is 4.79 Å². The zero-order chi connectivity index (χ0) is 22.4. The molecule has 32 heavy (non-hydrogen) atoms. The highest BCUT2D eigenvalue weighted by Crippen LogP contribution is 2.44. The van der Waals surface area contributed by atoms with Crippen molar-refractivity contribution in [2.75, 3.05) is 37.3 Å². The van der Waals surface area contributed by atoms with Crippen LogP contribution >= 0.6 is 11.8 Å². The zero-order valence-electron chi connectivity index (χ0n) is 18.3. The Bertz CT molecular complexity index is 954. The molecule has 0 aliphatic carbocycles. The molecule has 2 heterocycles. The van der Waals surface area contributed by atoms with Crippen molar-refractivity contribution in [1.82, 2.24) is 9.80 Å². The van der Waals surface area contributed by atoms with Crippen LogP contribution in [-0.2, 0) is 4.79 Å². The number of carbonyl (C=O) groups excluding carboxylic acids is 2. The molecule has 0 radical (unpaired) electrons. The highest BCUT2D eigenvalue weighted by molar-refractivity contribution is 8.00. The van der Waals surface area contributed by atoms with Crippen molar-refractivity contribution in [3.63, 3.8) is 0 Å². The molecule has 2 aromatic carbocycles. The van der Waals surface area contributed by atoms with E-state index in [0.29, 0.717) is 19.7 Å². The quantitative estimate of drug-likeness (QED) is 0.670. The molecule has 3 amide bonds. The van der Waals surface area contributed by atoms with E-state index < -0.39 is 0 Å². The van der Waals surface area contributed by atoms with Crippen LogP contribution in [0, 0.1) is 0 Å². The van der Waals surface area contributed by atoms with Gasteiger partial charge in [0.05, 0.1) is 11.5 Å². The maximum Gasteiger partial charge on any atom is 0.321 e. The summed E-state index contributed by atoms with van der Waals surface area (Å²) in [5, 5.41) is 2.97. The molecule has 2 aliphatic rings. The smallest absolute Gasteiger partial charge is 0.321 e. The second-order valence-electron chi connectivity index (χ2n) is 7.90. The lowest BCUT2D eigenvalue weighted by Gasteiger charge is -2.43. The lowest BCUT2D eigenvalue weighted by molar-refractivity contribution is -0.129. The third kappa shape index (κ3) is 5.10. The third-order valence-electron chi connectivity index (χ3n) is 5.91. The van der Waals surface area contributed by atoms with E-state index in [1.807, 2.05) is 89.2 Å². The van der Waals surface area contributed by atoms with Crippen molar-refractivity contribution < 1.29 is 14.3 Å². The topological polar surface area (TPSA) is 61.9 Å². The fourth-order valence-corrected chi connectivity index (χ4v) is 5.68. The van der Waals surface area contributed by atoms with Gasteiger partial charge in [0.2, 0.25) is 5.91 Å². The lowest BCUT2D eigenvalue weighted by Crippen LogP contribution is -2.53. The number of piperidine rings is 1. The number of benzene rings is 2. The minimum absolute atomic E-state index is 0.0474. The molecule has 0 unspecified atom stereocenters. The highest BCUT2D eigenvalue weighted by atomic mass is 32.2. The predicted octanol–water partition coefficient (Wildman–Crippen LogP) is 4.70. The summed E-state index contributed by atoms with van der Waals surface area (Å²) in [5.41, 5.74) is 1.76. The Balaban J connectivity index is 1.33. The first-order valence-electron chi connectivity index (χ1n) is 11.1. The molecule has 0 bridgehead atoms. The van der Waals surface area contributed by atoms with Gasteiger partial charge in [-0.2, -0.15) is 0 Å². The van der Waals surface area contributed by atoms with Crippen LogP contribution < -0.4 is 10.1 Å². The summed E-state index contributed by atoms with van der Waals surface area (Å²) in [6.07, 6.45) is 5.10. The monoisotopic (exact) mass is 451 g/mol. The van der Waals surface area contributed by atoms with E-state index in [0.717, 1.165) is 42.1 Å². The Morgan fingerprint density at radius 1 is 1.06 bits per heavy atom. The van der Waals surface area contributed by atoms with Crippen LogP contribution in [-0.4, -0.2) is 58.6 Å². The first-order valence-corrected chi connectivity index (χ1v) is 12.1. The number of rotatable bonds is 5. The number of thioether (sulfide) groups is 1. The van der Waals surface area contributed by atoms with E-state index in [2.05, 4.69) is 5.32 Å². The molecule has 2 aliphatic heterocycles. The Hall–Kier alpha value is -2.93. The van der Waals surface area contributed by atoms with E-state index in [9.17, 15) is 9.59 Å². The molecular weight excluding hydrogens is 422 g/mol. The number of amides is 3. The van der Waals surface area contributed by atoms with Crippen LogP contribution in [0.1, 0.15) is 25.3 Å². The van der Waals surface area contributed by atoms with Crippen LogP contribution in [0.15, 0.2) is 60.7 Å². The van der Waals surface area contributed by atoms with E-state index in [4.69, 9.17) is 4.74 Å². The number of nitrogens with one attached hydrogen (secondary N) is 1. The van der Waals surface area contributed by atoms with E-state index in [-0.39, 0.29) is 16.8 Å². The fourth-order valence-electron chi connectivity index (χ4n) is 4.22. The van der Waals surface area contributed by atoms with Crippen molar-refractivity contribution >= 4 is 35.5 Å². The van der Waals surface area contributed by atoms with Gasteiger partial charge in [-0.1, -0.05) is 30.3 Å². The van der Waals surface area contributed by atoms with Crippen LogP contribution in [0.4, 0.5) is 10.5 Å². The van der Waals surface area contributed by atoms with Gasteiger partial charge in [-0.15, -0.1) is 11.8 Å². The number of ether oxygens (including phenoxy) is 1. The van der Waals surface area contributed by atoms with Crippen molar-refractivity contribution in [2.45, 2.75) is 24.6 Å². The van der Waals surface area contributed by atoms with Crippen LogP contribution in [0.2, 0.25) is 0 Å². The predicted molar refractivity (Wildman–Crippen MR) is 130 cm³/mol. The normalized spacial score (nSPS) is 17.7. The highest BCUT2D eigenvalue weighted by Gasteiger charge is 2.46. The summed E-state index contributed by atoms with van der Waals surface area (Å²) >= 11 is 1.85. The molecule has 168 valence electrons. The summed E-state index contributed by atoms with van der Waals surface area (Å²) in [6, 6.07) is 17.2. The molecule has 6 nitrogen and oxygen atoms in total. The first-order chi connectivity index (χ1) is 15.6. The molecule has 7 heteroatoms. The van der Waals surface area contributed by atoms with E-state index in [1.165, 1.54) is 0 Å². The standard InChI is InChI=1S/C25H29N3O3S/c1-2-31-22-11-9-21(10-12-22)26-24(30)27-16-14-25(15-17-27)28(18-19-32-25)23(29)13-8-20-6-4-3-5-7-20/h3-13H,2,14-19H2,1H3,(H,26,30). The van der Waals surface area contributed by atoms with Gasteiger partial charge < -0.3 is 19.9 Å². The maximum atomic E-state index is 12.9. The molecular formula is C25H29N3O3S. The second-order valence-corrected chi connectivity index (χ2v) is 9.36. The summed E-state index contributed by atoms with van der Waals surface area (Å²) in [4.78, 5) is 29.3. The molecule has 1 spiro atoms. The van der Waals surface area contributed by atoms with Gasteiger partial charge in [-0.3, -0.25) is 4.79 Å². The van der Waals surface area contributed by atoms with Gasteiger partial charge in [0.25, 0.3) is 0 Å². The Morgan fingerprint density at radius 2 is 1.78 bits per heavy atom. The number of hydrogen-bond acceptors (Lipinski definition) is 4.